The molecule has 2 N–H and O–H groups in total. The third-order valence-electron chi connectivity index (χ3n) is 3.31. The average molecular weight is 242 g/mol. The maximum Gasteiger partial charge on any atom is 0.326 e. The number of rotatable bonds is 5. The summed E-state index contributed by atoms with van der Waals surface area (Å²) in [5.74, 6) is -0.902. The van der Waals surface area contributed by atoms with Crippen molar-refractivity contribution in [2.75, 3.05) is 13.1 Å². The number of amides is 1. The summed E-state index contributed by atoms with van der Waals surface area (Å²) in [6.45, 7) is 7.19. The first-order chi connectivity index (χ1) is 7.97. The van der Waals surface area contributed by atoms with E-state index in [-0.39, 0.29) is 17.9 Å². The van der Waals surface area contributed by atoms with Crippen LogP contribution in [-0.2, 0) is 9.59 Å². The van der Waals surface area contributed by atoms with Gasteiger partial charge in [-0.2, -0.15) is 0 Å². The van der Waals surface area contributed by atoms with Crippen LogP contribution in [0.5, 0.6) is 0 Å². The molecule has 3 unspecified atom stereocenters. The molecule has 5 nitrogen and oxygen atoms in total. The number of carbonyl (C=O) groups excluding carboxylic acids is 1. The summed E-state index contributed by atoms with van der Waals surface area (Å²) in [6.07, 6.45) is 1.14. The zero-order chi connectivity index (χ0) is 13.0. The van der Waals surface area contributed by atoms with Gasteiger partial charge in [0.05, 0.1) is 0 Å². The maximum atomic E-state index is 12.0. The van der Waals surface area contributed by atoms with Crippen molar-refractivity contribution < 1.29 is 14.7 Å². The Hall–Kier alpha value is -1.10. The summed E-state index contributed by atoms with van der Waals surface area (Å²) in [5.41, 5.74) is 0. The fraction of sp³-hybridized carbons (Fsp3) is 0.833. The highest BCUT2D eigenvalue weighted by Gasteiger charge is 2.39. The summed E-state index contributed by atoms with van der Waals surface area (Å²) < 4.78 is 0. The molecule has 1 amide bonds. The highest BCUT2D eigenvalue weighted by Crippen LogP contribution is 2.24. The fourth-order valence-corrected chi connectivity index (χ4v) is 2.40. The van der Waals surface area contributed by atoms with Gasteiger partial charge < -0.3 is 15.3 Å². The van der Waals surface area contributed by atoms with Gasteiger partial charge in [0.25, 0.3) is 0 Å². The highest BCUT2D eigenvalue weighted by molar-refractivity contribution is 5.84. The molecule has 1 saturated heterocycles. The van der Waals surface area contributed by atoms with Crippen LogP contribution < -0.4 is 5.32 Å². The number of nitrogens with zero attached hydrogens (tertiary/aromatic N) is 1. The lowest BCUT2D eigenvalue weighted by Crippen LogP contribution is -2.44. The number of hydrogen-bond donors (Lipinski definition) is 2. The molecule has 3 atom stereocenters. The molecule has 0 radical (unpaired) electrons. The Kier molecular flexibility index (Phi) is 4.93. The normalized spacial score (nSPS) is 25.9. The summed E-state index contributed by atoms with van der Waals surface area (Å²) in [6, 6.07) is -0.547. The van der Waals surface area contributed by atoms with Crippen molar-refractivity contribution in [2.24, 2.45) is 5.92 Å². The molecule has 17 heavy (non-hydrogen) atoms. The van der Waals surface area contributed by atoms with E-state index >= 15 is 0 Å². The highest BCUT2D eigenvalue weighted by atomic mass is 16.4. The van der Waals surface area contributed by atoms with Crippen LogP contribution in [-0.4, -0.2) is 47.1 Å². The minimum absolute atomic E-state index is 0.0471. The predicted octanol–water partition coefficient (Wildman–Crippen LogP) is 0.696. The van der Waals surface area contributed by atoms with Crippen molar-refractivity contribution in [3.05, 3.63) is 0 Å². The van der Waals surface area contributed by atoms with E-state index in [4.69, 9.17) is 5.11 Å². The van der Waals surface area contributed by atoms with E-state index < -0.39 is 12.0 Å². The quantitative estimate of drug-likeness (QED) is 0.744. The first-order valence-corrected chi connectivity index (χ1v) is 6.23. The lowest BCUT2D eigenvalue weighted by atomic mass is 10.0. The molecule has 1 aliphatic heterocycles. The van der Waals surface area contributed by atoms with Gasteiger partial charge in [0.2, 0.25) is 5.91 Å². The molecule has 0 spiro atoms. The standard InChI is InChI=1S/C12H22N2O3/c1-4-13-9(3)7-10(15)14-6-5-8(2)11(14)12(16)17/h8-9,11,13H,4-7H2,1-3H3,(H,16,17). The van der Waals surface area contributed by atoms with Crippen LogP contribution >= 0.6 is 0 Å². The van der Waals surface area contributed by atoms with Gasteiger partial charge in [-0.15, -0.1) is 0 Å². The van der Waals surface area contributed by atoms with Gasteiger partial charge in [0, 0.05) is 19.0 Å². The smallest absolute Gasteiger partial charge is 0.326 e. The molecule has 1 fully saturated rings. The first kappa shape index (κ1) is 14.0. The Balaban J connectivity index is 2.59. The molecule has 1 heterocycles. The Morgan fingerprint density at radius 3 is 2.71 bits per heavy atom. The zero-order valence-electron chi connectivity index (χ0n) is 10.8. The van der Waals surface area contributed by atoms with E-state index in [0.29, 0.717) is 13.0 Å². The van der Waals surface area contributed by atoms with Crippen molar-refractivity contribution in [3.8, 4) is 0 Å². The summed E-state index contributed by atoms with van der Waals surface area (Å²) in [5, 5.41) is 12.3. The Morgan fingerprint density at radius 2 is 2.18 bits per heavy atom. The van der Waals surface area contributed by atoms with E-state index in [1.807, 2.05) is 20.8 Å². The summed E-state index contributed by atoms with van der Waals surface area (Å²) in [7, 11) is 0. The molecule has 0 aliphatic carbocycles. The van der Waals surface area contributed by atoms with E-state index in [1.54, 1.807) is 0 Å². The molecule has 1 aliphatic rings. The molecule has 98 valence electrons. The molecule has 5 heteroatoms. The van der Waals surface area contributed by atoms with Crippen molar-refractivity contribution in [2.45, 2.75) is 45.7 Å². The van der Waals surface area contributed by atoms with Crippen LogP contribution in [0.1, 0.15) is 33.6 Å². The van der Waals surface area contributed by atoms with E-state index in [2.05, 4.69) is 5.32 Å². The van der Waals surface area contributed by atoms with Crippen molar-refractivity contribution in [1.29, 1.82) is 0 Å². The van der Waals surface area contributed by atoms with Crippen LogP contribution in [0.15, 0.2) is 0 Å². The first-order valence-electron chi connectivity index (χ1n) is 6.23. The monoisotopic (exact) mass is 242 g/mol. The third-order valence-corrected chi connectivity index (χ3v) is 3.31. The minimum Gasteiger partial charge on any atom is -0.480 e. The lowest BCUT2D eigenvalue weighted by Gasteiger charge is -2.25. The average Bonchev–Trinajstić information content (AvgIpc) is 2.60. The number of carboxylic acids is 1. The van der Waals surface area contributed by atoms with Crippen LogP contribution in [0.25, 0.3) is 0 Å². The Bertz CT molecular complexity index is 293. The topological polar surface area (TPSA) is 69.6 Å². The van der Waals surface area contributed by atoms with Crippen molar-refractivity contribution >= 4 is 11.9 Å². The second kappa shape index (κ2) is 6.00. The van der Waals surface area contributed by atoms with Crippen molar-refractivity contribution in [1.82, 2.24) is 10.2 Å². The molecule has 0 bridgehead atoms. The predicted molar refractivity (Wildman–Crippen MR) is 64.7 cm³/mol. The van der Waals surface area contributed by atoms with Gasteiger partial charge in [-0.1, -0.05) is 13.8 Å². The number of aliphatic carboxylic acids is 1. The number of carbonyl (C=O) groups is 2. The van der Waals surface area contributed by atoms with E-state index in [9.17, 15) is 9.59 Å². The van der Waals surface area contributed by atoms with Gasteiger partial charge in [-0.05, 0) is 25.8 Å². The molecule has 0 aromatic rings. The van der Waals surface area contributed by atoms with Crippen LogP contribution in [0.2, 0.25) is 0 Å². The second-order valence-electron chi connectivity index (χ2n) is 4.80. The number of likely N-dealkylation sites (tertiary alicyclic amines) is 1. The van der Waals surface area contributed by atoms with E-state index in [1.165, 1.54) is 4.90 Å². The molecular weight excluding hydrogens is 220 g/mol. The van der Waals surface area contributed by atoms with Crippen molar-refractivity contribution in [3.63, 3.8) is 0 Å². The molecule has 1 rings (SSSR count). The molecular formula is C12H22N2O3. The van der Waals surface area contributed by atoms with Gasteiger partial charge in [0.15, 0.2) is 0 Å². The van der Waals surface area contributed by atoms with Gasteiger partial charge in [-0.25, -0.2) is 4.79 Å². The van der Waals surface area contributed by atoms with Crippen LogP contribution in [0.4, 0.5) is 0 Å². The second-order valence-corrected chi connectivity index (χ2v) is 4.80. The van der Waals surface area contributed by atoms with Crippen LogP contribution in [0, 0.1) is 5.92 Å². The maximum absolute atomic E-state index is 12.0. The fourth-order valence-electron chi connectivity index (χ4n) is 2.40. The minimum atomic E-state index is -0.889. The molecule has 0 saturated carbocycles. The van der Waals surface area contributed by atoms with E-state index in [0.717, 1.165) is 13.0 Å². The van der Waals surface area contributed by atoms with Crippen LogP contribution in [0.3, 0.4) is 0 Å². The summed E-state index contributed by atoms with van der Waals surface area (Å²) in [4.78, 5) is 24.7. The van der Waals surface area contributed by atoms with Gasteiger partial charge >= 0.3 is 5.97 Å². The zero-order valence-corrected chi connectivity index (χ0v) is 10.8. The largest absolute Gasteiger partial charge is 0.480 e. The lowest BCUT2D eigenvalue weighted by molar-refractivity contribution is -0.149. The van der Waals surface area contributed by atoms with Gasteiger partial charge in [-0.3, -0.25) is 4.79 Å². The number of hydrogen-bond acceptors (Lipinski definition) is 3. The third kappa shape index (κ3) is 3.43. The molecule has 0 aromatic heterocycles. The summed E-state index contributed by atoms with van der Waals surface area (Å²) >= 11 is 0. The number of nitrogens with one attached hydrogen (secondary N) is 1. The SMILES string of the molecule is CCNC(C)CC(=O)N1CCC(C)C1C(=O)O. The molecule has 0 aromatic carbocycles. The van der Waals surface area contributed by atoms with Gasteiger partial charge in [0.1, 0.15) is 6.04 Å². The Morgan fingerprint density at radius 1 is 1.53 bits per heavy atom. The number of carboxylic acid groups (broad SMARTS) is 1. The Labute approximate surface area is 102 Å².